The van der Waals surface area contributed by atoms with E-state index in [2.05, 4.69) is 14.8 Å². The lowest BCUT2D eigenvalue weighted by molar-refractivity contribution is -0.128. The highest BCUT2D eigenvalue weighted by Crippen LogP contribution is 2.29. The zero-order valence-corrected chi connectivity index (χ0v) is 18.9. The number of carbonyl (C=O) groups excluding carboxylic acids is 1. The number of hydrogen-bond acceptors (Lipinski definition) is 6. The number of hydrogen-bond donors (Lipinski definition) is 1. The SMILES string of the molecule is CC(=O)N1CCC(O)(CN2CCN(c3ccc4c(=O)n(C5CCCC5)cnc4c3)CC2)C1. The van der Waals surface area contributed by atoms with Crippen LogP contribution >= 0.6 is 0 Å². The summed E-state index contributed by atoms with van der Waals surface area (Å²) in [5.74, 6) is 0.0330. The molecule has 0 radical (unpaired) electrons. The quantitative estimate of drug-likeness (QED) is 0.780. The van der Waals surface area contributed by atoms with Crippen LogP contribution in [0.3, 0.4) is 0 Å². The molecule has 3 heterocycles. The van der Waals surface area contributed by atoms with E-state index in [9.17, 15) is 14.7 Å². The van der Waals surface area contributed by atoms with Gasteiger partial charge < -0.3 is 14.9 Å². The lowest BCUT2D eigenvalue weighted by Gasteiger charge is -2.39. The van der Waals surface area contributed by atoms with Crippen LogP contribution < -0.4 is 10.5 Å². The molecule has 5 rings (SSSR count). The Bertz CT molecular complexity index is 1060. The molecule has 1 atom stereocenters. The number of benzene rings is 1. The summed E-state index contributed by atoms with van der Waals surface area (Å²) in [7, 11) is 0. The average molecular weight is 440 g/mol. The minimum absolute atomic E-state index is 0.0330. The monoisotopic (exact) mass is 439 g/mol. The number of fused-ring (bicyclic) bond motifs is 1. The van der Waals surface area contributed by atoms with Gasteiger partial charge in [-0.05, 0) is 37.5 Å². The van der Waals surface area contributed by atoms with Crippen molar-refractivity contribution in [2.45, 2.75) is 50.7 Å². The lowest BCUT2D eigenvalue weighted by Crippen LogP contribution is -2.53. The molecule has 0 spiro atoms. The second kappa shape index (κ2) is 8.48. The number of nitrogens with zero attached hydrogens (tertiary/aromatic N) is 5. The van der Waals surface area contributed by atoms with Crippen molar-refractivity contribution in [2.24, 2.45) is 0 Å². The Morgan fingerprint density at radius 2 is 1.91 bits per heavy atom. The first-order valence-electron chi connectivity index (χ1n) is 11.9. The molecule has 1 unspecified atom stereocenters. The standard InChI is InChI=1S/C24H33N5O3/c1-18(30)28-9-8-24(32,16-28)15-26-10-12-27(13-11-26)20-6-7-21-22(14-20)25-17-29(23(21)31)19-4-2-3-5-19/h6-7,14,17,19,32H,2-5,8-13,15-16H2,1H3. The van der Waals surface area contributed by atoms with Gasteiger partial charge in [-0.1, -0.05) is 12.8 Å². The van der Waals surface area contributed by atoms with Crippen LogP contribution in [0.15, 0.2) is 29.3 Å². The van der Waals surface area contributed by atoms with E-state index in [-0.39, 0.29) is 11.5 Å². The van der Waals surface area contributed by atoms with Gasteiger partial charge in [0.2, 0.25) is 5.91 Å². The highest BCUT2D eigenvalue weighted by Gasteiger charge is 2.39. The summed E-state index contributed by atoms with van der Waals surface area (Å²) >= 11 is 0. The fourth-order valence-corrected chi connectivity index (χ4v) is 5.60. The van der Waals surface area contributed by atoms with Gasteiger partial charge in [0.1, 0.15) is 0 Å². The zero-order valence-electron chi connectivity index (χ0n) is 18.9. The maximum absolute atomic E-state index is 13.0. The zero-order chi connectivity index (χ0) is 22.3. The molecule has 172 valence electrons. The second-order valence-corrected chi connectivity index (χ2v) is 9.77. The van der Waals surface area contributed by atoms with Crippen LogP contribution in [0.1, 0.15) is 45.1 Å². The number of carbonyl (C=O) groups is 1. The third-order valence-electron chi connectivity index (χ3n) is 7.52. The molecule has 1 aliphatic carbocycles. The smallest absolute Gasteiger partial charge is 0.261 e. The molecule has 1 amide bonds. The predicted molar refractivity (Wildman–Crippen MR) is 124 cm³/mol. The molecule has 1 aromatic heterocycles. The van der Waals surface area contributed by atoms with Gasteiger partial charge in [0, 0.05) is 57.9 Å². The molecule has 2 saturated heterocycles. The summed E-state index contributed by atoms with van der Waals surface area (Å²) in [6, 6.07) is 6.29. The molecule has 2 aliphatic heterocycles. The Morgan fingerprint density at radius 1 is 1.16 bits per heavy atom. The normalized spacial score (nSPS) is 25.2. The summed E-state index contributed by atoms with van der Waals surface area (Å²) in [6.45, 7) is 6.66. The molecule has 1 N–H and O–H groups in total. The molecule has 8 heteroatoms. The van der Waals surface area contributed by atoms with Crippen molar-refractivity contribution in [1.29, 1.82) is 0 Å². The number of β-amino-alcohol motifs (C(OH)–C–C–N with tert-alkyl or cyclic N) is 1. The Kier molecular flexibility index (Phi) is 5.67. The Labute approximate surface area is 188 Å². The highest BCUT2D eigenvalue weighted by molar-refractivity contribution is 5.81. The van der Waals surface area contributed by atoms with E-state index >= 15 is 0 Å². The summed E-state index contributed by atoms with van der Waals surface area (Å²) in [4.78, 5) is 35.5. The van der Waals surface area contributed by atoms with Gasteiger partial charge in [-0.15, -0.1) is 0 Å². The minimum Gasteiger partial charge on any atom is -0.387 e. The summed E-state index contributed by atoms with van der Waals surface area (Å²) in [6.07, 6.45) is 6.88. The van der Waals surface area contributed by atoms with Crippen molar-refractivity contribution < 1.29 is 9.90 Å². The Balaban J connectivity index is 1.23. The molecule has 1 saturated carbocycles. The molecule has 3 fully saturated rings. The van der Waals surface area contributed by atoms with Crippen molar-refractivity contribution in [3.8, 4) is 0 Å². The van der Waals surface area contributed by atoms with E-state index in [1.165, 1.54) is 12.8 Å². The van der Waals surface area contributed by atoms with E-state index in [1.807, 2.05) is 22.8 Å². The van der Waals surface area contributed by atoms with E-state index in [4.69, 9.17) is 0 Å². The van der Waals surface area contributed by atoms with Gasteiger partial charge in [-0.3, -0.25) is 19.1 Å². The summed E-state index contributed by atoms with van der Waals surface area (Å²) in [5, 5.41) is 11.6. The van der Waals surface area contributed by atoms with Crippen LogP contribution in [0, 0.1) is 0 Å². The van der Waals surface area contributed by atoms with Crippen LogP contribution in [-0.4, -0.2) is 81.8 Å². The lowest BCUT2D eigenvalue weighted by atomic mass is 10.0. The molecule has 0 bridgehead atoms. The average Bonchev–Trinajstić information content (AvgIpc) is 3.45. The van der Waals surface area contributed by atoms with E-state index in [1.54, 1.807) is 18.2 Å². The maximum atomic E-state index is 13.0. The number of aromatic nitrogens is 2. The first kappa shape index (κ1) is 21.4. The third-order valence-corrected chi connectivity index (χ3v) is 7.52. The van der Waals surface area contributed by atoms with Crippen molar-refractivity contribution in [3.05, 3.63) is 34.9 Å². The largest absolute Gasteiger partial charge is 0.387 e. The number of rotatable bonds is 4. The molecular weight excluding hydrogens is 406 g/mol. The molecule has 3 aliphatic rings. The first-order valence-corrected chi connectivity index (χ1v) is 11.9. The van der Waals surface area contributed by atoms with Gasteiger partial charge in [0.05, 0.1) is 29.4 Å². The first-order chi connectivity index (χ1) is 15.4. The summed E-state index contributed by atoms with van der Waals surface area (Å²) in [5.41, 5.74) is 1.11. The highest BCUT2D eigenvalue weighted by atomic mass is 16.3. The number of piperazine rings is 1. The molecule has 2 aromatic rings. The number of anilines is 1. The van der Waals surface area contributed by atoms with Crippen molar-refractivity contribution >= 4 is 22.5 Å². The van der Waals surface area contributed by atoms with Crippen LogP contribution in [0.25, 0.3) is 10.9 Å². The Morgan fingerprint density at radius 3 is 2.59 bits per heavy atom. The van der Waals surface area contributed by atoms with Crippen molar-refractivity contribution in [3.63, 3.8) is 0 Å². The third kappa shape index (κ3) is 4.13. The topological polar surface area (TPSA) is 81.9 Å². The number of aliphatic hydroxyl groups is 1. The maximum Gasteiger partial charge on any atom is 0.261 e. The van der Waals surface area contributed by atoms with Crippen molar-refractivity contribution in [1.82, 2.24) is 19.4 Å². The van der Waals surface area contributed by atoms with Gasteiger partial charge in [-0.2, -0.15) is 0 Å². The van der Waals surface area contributed by atoms with Gasteiger partial charge >= 0.3 is 0 Å². The van der Waals surface area contributed by atoms with Gasteiger partial charge in [0.25, 0.3) is 5.56 Å². The fraction of sp³-hybridized carbons (Fsp3) is 0.625. The Hall–Kier alpha value is -2.45. The molecule has 1 aromatic carbocycles. The van der Waals surface area contributed by atoms with E-state index in [0.29, 0.717) is 37.5 Å². The van der Waals surface area contributed by atoms with Gasteiger partial charge in [-0.25, -0.2) is 4.98 Å². The van der Waals surface area contributed by atoms with Crippen molar-refractivity contribution in [2.75, 3.05) is 50.7 Å². The van der Waals surface area contributed by atoms with E-state index < -0.39 is 5.60 Å². The number of amides is 1. The van der Waals surface area contributed by atoms with Crippen LogP contribution in [0.4, 0.5) is 5.69 Å². The molecule has 8 nitrogen and oxygen atoms in total. The molecule has 32 heavy (non-hydrogen) atoms. The fourth-order valence-electron chi connectivity index (χ4n) is 5.60. The van der Waals surface area contributed by atoms with E-state index in [0.717, 1.165) is 50.2 Å². The van der Waals surface area contributed by atoms with Gasteiger partial charge in [0.15, 0.2) is 0 Å². The molecular formula is C24H33N5O3. The second-order valence-electron chi connectivity index (χ2n) is 9.77. The number of likely N-dealkylation sites (tertiary alicyclic amines) is 1. The van der Waals surface area contributed by atoms with Crippen LogP contribution in [0.5, 0.6) is 0 Å². The van der Waals surface area contributed by atoms with Crippen LogP contribution in [0.2, 0.25) is 0 Å². The van der Waals surface area contributed by atoms with Crippen LogP contribution in [-0.2, 0) is 4.79 Å². The predicted octanol–water partition coefficient (Wildman–Crippen LogP) is 1.62. The summed E-state index contributed by atoms with van der Waals surface area (Å²) < 4.78 is 1.83. The minimum atomic E-state index is -0.806.